The lowest BCUT2D eigenvalue weighted by Gasteiger charge is -2.24. The Kier molecular flexibility index (Phi) is 5.79. The molecule has 0 radical (unpaired) electrons. The van der Waals surface area contributed by atoms with Gasteiger partial charge in [-0.25, -0.2) is 4.39 Å². The van der Waals surface area contributed by atoms with Crippen LogP contribution in [0.3, 0.4) is 0 Å². The van der Waals surface area contributed by atoms with Crippen molar-refractivity contribution >= 4 is 15.9 Å². The molecule has 1 aromatic carbocycles. The van der Waals surface area contributed by atoms with E-state index >= 15 is 0 Å². The third-order valence-electron chi connectivity index (χ3n) is 3.82. The SMILES string of the molecule is OCC(NC1CCCCCC1)c1ccc(F)c(Br)c1. The van der Waals surface area contributed by atoms with Gasteiger partial charge in [0.2, 0.25) is 0 Å². The van der Waals surface area contributed by atoms with Crippen molar-refractivity contribution in [2.45, 2.75) is 50.6 Å². The number of nitrogens with one attached hydrogen (secondary N) is 1. The van der Waals surface area contributed by atoms with Gasteiger partial charge in [0.15, 0.2) is 0 Å². The highest BCUT2D eigenvalue weighted by Gasteiger charge is 2.18. The highest BCUT2D eigenvalue weighted by molar-refractivity contribution is 9.10. The molecule has 0 saturated heterocycles. The van der Waals surface area contributed by atoms with Crippen LogP contribution in [0.2, 0.25) is 0 Å². The minimum absolute atomic E-state index is 0.0363. The summed E-state index contributed by atoms with van der Waals surface area (Å²) in [7, 11) is 0. The molecule has 19 heavy (non-hydrogen) atoms. The van der Waals surface area contributed by atoms with Crippen molar-refractivity contribution in [3.63, 3.8) is 0 Å². The highest BCUT2D eigenvalue weighted by Crippen LogP contribution is 2.24. The maximum Gasteiger partial charge on any atom is 0.137 e. The molecule has 106 valence electrons. The van der Waals surface area contributed by atoms with Gasteiger partial charge in [-0.1, -0.05) is 31.7 Å². The van der Waals surface area contributed by atoms with Crippen LogP contribution in [-0.2, 0) is 0 Å². The fraction of sp³-hybridized carbons (Fsp3) is 0.600. The molecule has 2 N–H and O–H groups in total. The zero-order valence-corrected chi connectivity index (χ0v) is 12.6. The van der Waals surface area contributed by atoms with Crippen molar-refractivity contribution in [2.24, 2.45) is 0 Å². The summed E-state index contributed by atoms with van der Waals surface area (Å²) in [4.78, 5) is 0. The van der Waals surface area contributed by atoms with Crippen LogP contribution < -0.4 is 5.32 Å². The Hall–Kier alpha value is -0.450. The maximum absolute atomic E-state index is 13.2. The van der Waals surface area contributed by atoms with Crippen molar-refractivity contribution in [3.8, 4) is 0 Å². The summed E-state index contributed by atoms with van der Waals surface area (Å²) in [5, 5.41) is 13.1. The number of hydrogen-bond donors (Lipinski definition) is 2. The highest BCUT2D eigenvalue weighted by atomic mass is 79.9. The molecule has 0 aliphatic heterocycles. The molecule has 1 atom stereocenters. The summed E-state index contributed by atoms with van der Waals surface area (Å²) >= 11 is 3.20. The lowest BCUT2D eigenvalue weighted by atomic mass is 10.0. The Morgan fingerprint density at radius 2 is 1.95 bits per heavy atom. The molecule has 1 aliphatic rings. The van der Waals surface area contributed by atoms with Crippen LogP contribution in [0.5, 0.6) is 0 Å². The van der Waals surface area contributed by atoms with Crippen molar-refractivity contribution in [3.05, 3.63) is 34.1 Å². The molecule has 1 aromatic rings. The standard InChI is InChI=1S/C15H21BrFNO/c16-13-9-11(7-8-14(13)17)15(10-19)18-12-5-3-1-2-4-6-12/h7-9,12,15,18-19H,1-6,10H2. The Morgan fingerprint density at radius 3 is 2.53 bits per heavy atom. The zero-order valence-electron chi connectivity index (χ0n) is 11.0. The van der Waals surface area contributed by atoms with E-state index in [1.165, 1.54) is 44.6 Å². The monoisotopic (exact) mass is 329 g/mol. The number of halogens is 2. The topological polar surface area (TPSA) is 32.3 Å². The summed E-state index contributed by atoms with van der Waals surface area (Å²) in [6.45, 7) is 0.0363. The third-order valence-corrected chi connectivity index (χ3v) is 4.43. The van der Waals surface area contributed by atoms with Gasteiger partial charge in [0.1, 0.15) is 5.82 Å². The van der Waals surface area contributed by atoms with Gasteiger partial charge in [0, 0.05) is 6.04 Å². The number of aliphatic hydroxyl groups is 1. The predicted octanol–water partition coefficient (Wildman–Crippen LogP) is 3.93. The summed E-state index contributed by atoms with van der Waals surface area (Å²) in [6, 6.07) is 5.28. The quantitative estimate of drug-likeness (QED) is 0.820. The minimum Gasteiger partial charge on any atom is -0.394 e. The second-order valence-corrected chi connectivity index (χ2v) is 6.12. The molecule has 1 fully saturated rings. The molecule has 4 heteroatoms. The summed E-state index contributed by atoms with van der Waals surface area (Å²) in [6.07, 6.45) is 7.46. The first kappa shape index (κ1) is 14.9. The molecular weight excluding hydrogens is 309 g/mol. The van der Waals surface area contributed by atoms with Gasteiger partial charge in [0.25, 0.3) is 0 Å². The Balaban J connectivity index is 2.03. The summed E-state index contributed by atoms with van der Waals surface area (Å²) in [5.74, 6) is -0.269. The molecule has 0 heterocycles. The molecule has 2 nitrogen and oxygen atoms in total. The van der Waals surface area contributed by atoms with Crippen LogP contribution in [-0.4, -0.2) is 17.8 Å². The maximum atomic E-state index is 13.2. The van der Waals surface area contributed by atoms with Gasteiger partial charge in [-0.05, 0) is 46.5 Å². The summed E-state index contributed by atoms with van der Waals surface area (Å²) < 4.78 is 13.7. The van der Waals surface area contributed by atoms with Gasteiger partial charge in [-0.2, -0.15) is 0 Å². The van der Waals surface area contributed by atoms with E-state index in [0.29, 0.717) is 10.5 Å². The first-order valence-electron chi connectivity index (χ1n) is 7.02. The average Bonchev–Trinajstić information content (AvgIpc) is 2.68. The first-order valence-corrected chi connectivity index (χ1v) is 7.82. The van der Waals surface area contributed by atoms with E-state index in [0.717, 1.165) is 5.56 Å². The molecule has 0 amide bonds. The van der Waals surface area contributed by atoms with Crippen LogP contribution in [0.1, 0.15) is 50.1 Å². The zero-order chi connectivity index (χ0) is 13.7. The van der Waals surface area contributed by atoms with Gasteiger partial charge < -0.3 is 10.4 Å². The van der Waals surface area contributed by atoms with E-state index in [4.69, 9.17) is 0 Å². The van der Waals surface area contributed by atoms with E-state index in [9.17, 15) is 9.50 Å². The molecule has 1 unspecified atom stereocenters. The van der Waals surface area contributed by atoms with Gasteiger partial charge >= 0.3 is 0 Å². The predicted molar refractivity (Wildman–Crippen MR) is 78.6 cm³/mol. The van der Waals surface area contributed by atoms with Crippen molar-refractivity contribution in [2.75, 3.05) is 6.61 Å². The number of rotatable bonds is 4. The second kappa shape index (κ2) is 7.36. The third kappa shape index (κ3) is 4.26. The number of hydrogen-bond acceptors (Lipinski definition) is 2. The average molecular weight is 330 g/mol. The van der Waals surface area contributed by atoms with Crippen LogP contribution in [0.4, 0.5) is 4.39 Å². The van der Waals surface area contributed by atoms with Crippen LogP contribution in [0, 0.1) is 5.82 Å². The van der Waals surface area contributed by atoms with E-state index in [1.54, 1.807) is 12.1 Å². The van der Waals surface area contributed by atoms with Gasteiger partial charge in [-0.15, -0.1) is 0 Å². The molecule has 0 bridgehead atoms. The van der Waals surface area contributed by atoms with Crippen molar-refractivity contribution in [1.29, 1.82) is 0 Å². The smallest absolute Gasteiger partial charge is 0.137 e. The Labute approximate surface area is 122 Å². The Morgan fingerprint density at radius 1 is 1.26 bits per heavy atom. The van der Waals surface area contributed by atoms with Crippen LogP contribution >= 0.6 is 15.9 Å². The van der Waals surface area contributed by atoms with Crippen LogP contribution in [0.15, 0.2) is 22.7 Å². The normalized spacial score (nSPS) is 19.1. The molecule has 1 saturated carbocycles. The van der Waals surface area contributed by atoms with Gasteiger partial charge in [0.05, 0.1) is 17.1 Å². The van der Waals surface area contributed by atoms with E-state index in [2.05, 4.69) is 21.2 Å². The van der Waals surface area contributed by atoms with E-state index < -0.39 is 0 Å². The van der Waals surface area contributed by atoms with E-state index in [-0.39, 0.29) is 18.5 Å². The van der Waals surface area contributed by atoms with Crippen LogP contribution in [0.25, 0.3) is 0 Å². The first-order chi connectivity index (χ1) is 9.20. The Bertz CT molecular complexity index is 405. The van der Waals surface area contributed by atoms with E-state index in [1.807, 2.05) is 0 Å². The van der Waals surface area contributed by atoms with Crippen molar-refractivity contribution < 1.29 is 9.50 Å². The molecule has 0 spiro atoms. The second-order valence-electron chi connectivity index (χ2n) is 5.26. The molecular formula is C15H21BrFNO. The lowest BCUT2D eigenvalue weighted by Crippen LogP contribution is -2.34. The van der Waals surface area contributed by atoms with Crippen molar-refractivity contribution in [1.82, 2.24) is 5.32 Å². The minimum atomic E-state index is -0.269. The number of aliphatic hydroxyl groups excluding tert-OH is 1. The fourth-order valence-electron chi connectivity index (χ4n) is 2.71. The largest absolute Gasteiger partial charge is 0.394 e. The molecule has 2 rings (SSSR count). The molecule has 0 aromatic heterocycles. The molecule has 1 aliphatic carbocycles. The fourth-order valence-corrected chi connectivity index (χ4v) is 3.11. The lowest BCUT2D eigenvalue weighted by molar-refractivity contribution is 0.228. The number of benzene rings is 1. The van der Waals surface area contributed by atoms with Gasteiger partial charge in [-0.3, -0.25) is 0 Å². The summed E-state index contributed by atoms with van der Waals surface area (Å²) in [5.41, 5.74) is 0.931.